The lowest BCUT2D eigenvalue weighted by Crippen LogP contribution is -2.35. The molecule has 4 heteroatoms. The number of hydrogen-bond donors (Lipinski definition) is 0. The van der Waals surface area contributed by atoms with Crippen LogP contribution in [0.3, 0.4) is 0 Å². The minimum absolute atomic E-state index is 0.0225. The minimum Gasteiger partial charge on any atom is -0.463 e. The Hall–Kier alpha value is -1.06. The van der Waals surface area contributed by atoms with E-state index >= 15 is 0 Å². The Bertz CT molecular complexity index is 267. The summed E-state index contributed by atoms with van der Waals surface area (Å²) < 4.78 is 10.2. The van der Waals surface area contributed by atoms with Gasteiger partial charge in [-0.25, -0.2) is 4.79 Å². The first-order valence-corrected chi connectivity index (χ1v) is 6.43. The van der Waals surface area contributed by atoms with Gasteiger partial charge in [-0.3, -0.25) is 4.79 Å². The van der Waals surface area contributed by atoms with E-state index in [-0.39, 0.29) is 17.8 Å². The Morgan fingerprint density at radius 3 is 2.29 bits per heavy atom. The maximum absolute atomic E-state index is 11.8. The SMILES string of the molecule is CCOC(=O)C(OC(=O)C1CCCC1)C(C)C. The summed E-state index contributed by atoms with van der Waals surface area (Å²) in [4.78, 5) is 23.5. The molecule has 1 atom stereocenters. The van der Waals surface area contributed by atoms with Crippen molar-refractivity contribution < 1.29 is 19.1 Å². The first kappa shape index (κ1) is 14.0. The quantitative estimate of drug-likeness (QED) is 0.694. The summed E-state index contributed by atoms with van der Waals surface area (Å²) in [7, 11) is 0. The lowest BCUT2D eigenvalue weighted by atomic mass is 10.1. The van der Waals surface area contributed by atoms with Gasteiger partial charge < -0.3 is 9.47 Å². The smallest absolute Gasteiger partial charge is 0.347 e. The van der Waals surface area contributed by atoms with Crippen molar-refractivity contribution in [1.29, 1.82) is 0 Å². The van der Waals surface area contributed by atoms with Gasteiger partial charge in [0.2, 0.25) is 6.10 Å². The summed E-state index contributed by atoms with van der Waals surface area (Å²) in [5, 5.41) is 0. The lowest BCUT2D eigenvalue weighted by molar-refractivity contribution is -0.173. The van der Waals surface area contributed by atoms with E-state index in [0.29, 0.717) is 6.61 Å². The molecule has 1 aliphatic carbocycles. The molecule has 1 unspecified atom stereocenters. The van der Waals surface area contributed by atoms with Crippen LogP contribution in [0.4, 0.5) is 0 Å². The summed E-state index contributed by atoms with van der Waals surface area (Å²) in [6.07, 6.45) is 3.15. The van der Waals surface area contributed by atoms with E-state index in [9.17, 15) is 9.59 Å². The lowest BCUT2D eigenvalue weighted by Gasteiger charge is -2.21. The number of rotatable bonds is 5. The fraction of sp³-hybridized carbons (Fsp3) is 0.846. The molecule has 0 N–H and O–H groups in total. The number of ether oxygens (including phenoxy) is 2. The highest BCUT2D eigenvalue weighted by molar-refractivity contribution is 5.80. The van der Waals surface area contributed by atoms with Crippen molar-refractivity contribution in [2.75, 3.05) is 6.61 Å². The van der Waals surface area contributed by atoms with Gasteiger partial charge >= 0.3 is 11.9 Å². The summed E-state index contributed by atoms with van der Waals surface area (Å²) in [6.45, 7) is 5.75. The van der Waals surface area contributed by atoms with Gasteiger partial charge in [-0.15, -0.1) is 0 Å². The van der Waals surface area contributed by atoms with Crippen LogP contribution in [0.15, 0.2) is 0 Å². The summed E-state index contributed by atoms with van der Waals surface area (Å²) in [5.41, 5.74) is 0. The Balaban J connectivity index is 2.53. The maximum Gasteiger partial charge on any atom is 0.347 e. The molecule has 0 bridgehead atoms. The van der Waals surface area contributed by atoms with Crippen LogP contribution in [0.2, 0.25) is 0 Å². The molecular formula is C13H22O4. The molecule has 1 saturated carbocycles. The van der Waals surface area contributed by atoms with Gasteiger partial charge in [-0.05, 0) is 19.8 Å². The third-order valence-corrected chi connectivity index (χ3v) is 3.06. The standard InChI is InChI=1S/C13H22O4/c1-4-16-13(15)11(9(2)3)17-12(14)10-7-5-6-8-10/h9-11H,4-8H2,1-3H3. The van der Waals surface area contributed by atoms with E-state index < -0.39 is 12.1 Å². The zero-order valence-corrected chi connectivity index (χ0v) is 10.9. The monoisotopic (exact) mass is 242 g/mol. The third-order valence-electron chi connectivity index (χ3n) is 3.06. The number of carbonyl (C=O) groups excluding carboxylic acids is 2. The Morgan fingerprint density at radius 2 is 1.82 bits per heavy atom. The molecule has 98 valence electrons. The Kier molecular flexibility index (Phi) is 5.45. The van der Waals surface area contributed by atoms with Crippen LogP contribution >= 0.6 is 0 Å². The van der Waals surface area contributed by atoms with Gasteiger partial charge in [0.15, 0.2) is 0 Å². The van der Waals surface area contributed by atoms with Crippen LogP contribution in [0.5, 0.6) is 0 Å². The molecule has 0 saturated heterocycles. The predicted octanol–water partition coefficient (Wildman–Crippen LogP) is 2.31. The van der Waals surface area contributed by atoms with Crippen molar-refractivity contribution in [3.63, 3.8) is 0 Å². The molecule has 17 heavy (non-hydrogen) atoms. The van der Waals surface area contributed by atoms with Crippen LogP contribution in [0.25, 0.3) is 0 Å². The molecule has 0 aromatic heterocycles. The van der Waals surface area contributed by atoms with Crippen LogP contribution < -0.4 is 0 Å². The Labute approximate surface area is 103 Å². The van der Waals surface area contributed by atoms with Crippen molar-refractivity contribution in [3.05, 3.63) is 0 Å². The fourth-order valence-electron chi connectivity index (χ4n) is 2.06. The van der Waals surface area contributed by atoms with E-state index in [1.165, 1.54) is 0 Å². The van der Waals surface area contributed by atoms with E-state index in [4.69, 9.17) is 9.47 Å². The largest absolute Gasteiger partial charge is 0.463 e. The second-order valence-corrected chi connectivity index (χ2v) is 4.83. The molecule has 0 amide bonds. The number of carbonyl (C=O) groups is 2. The molecule has 0 aliphatic heterocycles. The molecule has 1 aliphatic rings. The zero-order chi connectivity index (χ0) is 12.8. The summed E-state index contributed by atoms with van der Waals surface area (Å²) >= 11 is 0. The molecule has 4 nitrogen and oxygen atoms in total. The average Bonchev–Trinajstić information content (AvgIpc) is 2.78. The average molecular weight is 242 g/mol. The Morgan fingerprint density at radius 1 is 1.24 bits per heavy atom. The normalized spacial score (nSPS) is 18.1. The van der Waals surface area contributed by atoms with Crippen molar-refractivity contribution in [2.24, 2.45) is 11.8 Å². The highest BCUT2D eigenvalue weighted by Crippen LogP contribution is 2.26. The third kappa shape index (κ3) is 4.02. The van der Waals surface area contributed by atoms with Crippen LogP contribution in [0.1, 0.15) is 46.5 Å². The molecule has 1 fully saturated rings. The van der Waals surface area contributed by atoms with E-state index in [1.54, 1.807) is 6.92 Å². The highest BCUT2D eigenvalue weighted by atomic mass is 16.6. The van der Waals surface area contributed by atoms with Crippen LogP contribution in [-0.4, -0.2) is 24.6 Å². The molecule has 0 radical (unpaired) electrons. The van der Waals surface area contributed by atoms with Crippen molar-refractivity contribution in [3.8, 4) is 0 Å². The molecule has 0 heterocycles. The van der Waals surface area contributed by atoms with Gasteiger partial charge in [-0.1, -0.05) is 26.7 Å². The highest BCUT2D eigenvalue weighted by Gasteiger charge is 2.32. The fourth-order valence-corrected chi connectivity index (χ4v) is 2.06. The second-order valence-electron chi connectivity index (χ2n) is 4.83. The van der Waals surface area contributed by atoms with Gasteiger partial charge in [0.25, 0.3) is 0 Å². The first-order valence-electron chi connectivity index (χ1n) is 6.43. The zero-order valence-electron chi connectivity index (χ0n) is 10.9. The van der Waals surface area contributed by atoms with E-state index in [0.717, 1.165) is 25.7 Å². The minimum atomic E-state index is -0.761. The predicted molar refractivity (Wildman–Crippen MR) is 63.3 cm³/mol. The summed E-state index contributed by atoms with van der Waals surface area (Å²) in [6, 6.07) is 0. The molecule has 1 rings (SSSR count). The van der Waals surface area contributed by atoms with Gasteiger partial charge in [-0.2, -0.15) is 0 Å². The van der Waals surface area contributed by atoms with Gasteiger partial charge in [0, 0.05) is 5.92 Å². The van der Waals surface area contributed by atoms with Gasteiger partial charge in [0.1, 0.15) is 0 Å². The molecule has 0 spiro atoms. The van der Waals surface area contributed by atoms with Crippen LogP contribution in [0, 0.1) is 11.8 Å². The maximum atomic E-state index is 11.8. The van der Waals surface area contributed by atoms with Crippen molar-refractivity contribution >= 4 is 11.9 Å². The van der Waals surface area contributed by atoms with E-state index in [2.05, 4.69) is 0 Å². The van der Waals surface area contributed by atoms with Crippen molar-refractivity contribution in [2.45, 2.75) is 52.6 Å². The van der Waals surface area contributed by atoms with E-state index in [1.807, 2.05) is 13.8 Å². The topological polar surface area (TPSA) is 52.6 Å². The number of hydrogen-bond acceptors (Lipinski definition) is 4. The van der Waals surface area contributed by atoms with Gasteiger partial charge in [0.05, 0.1) is 12.5 Å². The molecule has 0 aromatic rings. The molecule has 0 aromatic carbocycles. The van der Waals surface area contributed by atoms with Crippen molar-refractivity contribution in [1.82, 2.24) is 0 Å². The molecular weight excluding hydrogens is 220 g/mol. The van der Waals surface area contributed by atoms with Crippen LogP contribution in [-0.2, 0) is 19.1 Å². The first-order chi connectivity index (χ1) is 8.06. The summed E-state index contributed by atoms with van der Waals surface area (Å²) in [5.74, 6) is -0.756. The number of esters is 2. The second kappa shape index (κ2) is 6.62.